The summed E-state index contributed by atoms with van der Waals surface area (Å²) >= 11 is 4.81. The maximum Gasteiger partial charge on any atom is 0.295 e. The van der Waals surface area contributed by atoms with Gasteiger partial charge in [0.05, 0.1) is 18.7 Å². The molecule has 2 heterocycles. The van der Waals surface area contributed by atoms with Gasteiger partial charge in [0.15, 0.2) is 0 Å². The van der Waals surface area contributed by atoms with Crippen LogP contribution in [0.5, 0.6) is 5.75 Å². The van der Waals surface area contributed by atoms with E-state index < -0.39 is 17.7 Å². The van der Waals surface area contributed by atoms with Crippen molar-refractivity contribution >= 4 is 44.7 Å². The third-order valence-corrected chi connectivity index (χ3v) is 6.44. The molecule has 4 rings (SSSR count). The lowest BCUT2D eigenvalue weighted by atomic mass is 10.00. The molecule has 3 aromatic rings. The van der Waals surface area contributed by atoms with Crippen LogP contribution in [-0.2, 0) is 16.1 Å². The van der Waals surface area contributed by atoms with Crippen LogP contribution < -0.4 is 4.74 Å². The number of thiophene rings is 1. The molecule has 0 bridgehead atoms. The van der Waals surface area contributed by atoms with Crippen LogP contribution in [0.15, 0.2) is 76.1 Å². The number of carbonyl (C=O) groups excluding carboxylic acids is 2. The Bertz CT molecular complexity index is 1110. The zero-order chi connectivity index (χ0) is 21.3. The first-order chi connectivity index (χ1) is 14.5. The van der Waals surface area contributed by atoms with E-state index in [1.165, 1.54) is 16.2 Å². The Morgan fingerprint density at radius 3 is 2.40 bits per heavy atom. The Morgan fingerprint density at radius 2 is 1.80 bits per heavy atom. The molecule has 0 radical (unpaired) electrons. The van der Waals surface area contributed by atoms with E-state index in [2.05, 4.69) is 15.9 Å². The fourth-order valence-electron chi connectivity index (χ4n) is 3.48. The highest BCUT2D eigenvalue weighted by atomic mass is 79.9. The first-order valence-corrected chi connectivity index (χ1v) is 10.9. The summed E-state index contributed by atoms with van der Waals surface area (Å²) in [5, 5.41) is 12.9. The minimum Gasteiger partial charge on any atom is -0.507 e. The molecule has 1 amide bonds. The van der Waals surface area contributed by atoms with Crippen LogP contribution in [-0.4, -0.2) is 28.8 Å². The number of rotatable bonds is 5. The Balaban J connectivity index is 1.78. The molecule has 1 fully saturated rings. The fraction of sp³-hybridized carbons (Fsp3) is 0.130. The van der Waals surface area contributed by atoms with Crippen LogP contribution in [0.3, 0.4) is 0 Å². The average Bonchev–Trinajstić information content (AvgIpc) is 3.37. The van der Waals surface area contributed by atoms with Gasteiger partial charge in [-0.05, 0) is 41.3 Å². The number of amides is 1. The van der Waals surface area contributed by atoms with Crippen molar-refractivity contribution in [3.8, 4) is 5.75 Å². The van der Waals surface area contributed by atoms with Gasteiger partial charge in [0.25, 0.3) is 11.7 Å². The number of likely N-dealkylation sites (tertiary alicyclic amines) is 1. The summed E-state index contributed by atoms with van der Waals surface area (Å²) in [6.07, 6.45) is 0. The molecule has 1 aliphatic heterocycles. The van der Waals surface area contributed by atoms with E-state index in [0.29, 0.717) is 11.3 Å². The van der Waals surface area contributed by atoms with Crippen molar-refractivity contribution in [3.05, 3.63) is 92.1 Å². The van der Waals surface area contributed by atoms with Crippen molar-refractivity contribution in [2.24, 2.45) is 0 Å². The molecule has 1 aliphatic rings. The summed E-state index contributed by atoms with van der Waals surface area (Å²) in [5.41, 5.74) is 1.46. The molecule has 1 N–H and O–H groups in total. The van der Waals surface area contributed by atoms with E-state index in [9.17, 15) is 14.7 Å². The summed E-state index contributed by atoms with van der Waals surface area (Å²) in [5.74, 6) is -0.757. The molecule has 0 spiro atoms. The molecule has 1 saturated heterocycles. The second-order valence-corrected chi connectivity index (χ2v) is 8.69. The molecule has 7 heteroatoms. The van der Waals surface area contributed by atoms with Crippen molar-refractivity contribution in [1.82, 2.24) is 4.90 Å². The molecule has 30 heavy (non-hydrogen) atoms. The van der Waals surface area contributed by atoms with E-state index in [0.717, 1.165) is 14.9 Å². The van der Waals surface area contributed by atoms with Crippen LogP contribution >= 0.6 is 27.3 Å². The lowest BCUT2D eigenvalue weighted by Crippen LogP contribution is -2.28. The van der Waals surface area contributed by atoms with Gasteiger partial charge < -0.3 is 14.7 Å². The fourth-order valence-corrected chi connectivity index (χ4v) is 4.59. The minimum absolute atomic E-state index is 0.110. The first kappa shape index (κ1) is 20.4. The van der Waals surface area contributed by atoms with E-state index in [1.54, 1.807) is 31.4 Å². The van der Waals surface area contributed by atoms with Gasteiger partial charge in [0, 0.05) is 21.5 Å². The minimum atomic E-state index is -0.678. The van der Waals surface area contributed by atoms with Crippen molar-refractivity contribution in [1.29, 1.82) is 0 Å². The largest absolute Gasteiger partial charge is 0.507 e. The van der Waals surface area contributed by atoms with Crippen molar-refractivity contribution in [3.63, 3.8) is 0 Å². The number of aliphatic hydroxyl groups is 1. The Labute approximate surface area is 186 Å². The maximum atomic E-state index is 13.0. The second-order valence-electron chi connectivity index (χ2n) is 6.80. The lowest BCUT2D eigenvalue weighted by molar-refractivity contribution is -0.140. The van der Waals surface area contributed by atoms with E-state index >= 15 is 0 Å². The molecule has 0 aliphatic carbocycles. The quantitative estimate of drug-likeness (QED) is 0.310. The van der Waals surface area contributed by atoms with Crippen molar-refractivity contribution in [2.75, 3.05) is 7.11 Å². The predicted molar refractivity (Wildman–Crippen MR) is 119 cm³/mol. The molecule has 1 unspecified atom stereocenters. The number of nitrogens with zero attached hydrogens (tertiary/aromatic N) is 1. The van der Waals surface area contributed by atoms with Crippen molar-refractivity contribution in [2.45, 2.75) is 12.6 Å². The molecule has 152 valence electrons. The van der Waals surface area contributed by atoms with Gasteiger partial charge in [-0.25, -0.2) is 0 Å². The third kappa shape index (κ3) is 3.78. The number of methoxy groups -OCH3 is 1. The van der Waals surface area contributed by atoms with Gasteiger partial charge >= 0.3 is 0 Å². The number of Topliss-reactive ketones (excluding diaryl/α,β-unsaturated/α-hetero) is 1. The highest BCUT2D eigenvalue weighted by Crippen LogP contribution is 2.42. The number of ketones is 1. The smallest absolute Gasteiger partial charge is 0.295 e. The maximum absolute atomic E-state index is 13.0. The molecule has 1 atom stereocenters. The summed E-state index contributed by atoms with van der Waals surface area (Å²) in [7, 11) is 1.59. The van der Waals surface area contributed by atoms with Crippen LogP contribution in [0, 0.1) is 0 Å². The van der Waals surface area contributed by atoms with Crippen molar-refractivity contribution < 1.29 is 19.4 Å². The van der Waals surface area contributed by atoms with Gasteiger partial charge in [0.1, 0.15) is 11.5 Å². The third-order valence-electron chi connectivity index (χ3n) is 4.98. The van der Waals surface area contributed by atoms with E-state index in [1.807, 2.05) is 41.8 Å². The highest BCUT2D eigenvalue weighted by molar-refractivity contribution is 9.10. The first-order valence-electron chi connectivity index (χ1n) is 9.20. The number of halogens is 1. The number of ether oxygens (including phenoxy) is 1. The van der Waals surface area contributed by atoms with Gasteiger partial charge in [-0.15, -0.1) is 11.3 Å². The summed E-state index contributed by atoms with van der Waals surface area (Å²) in [4.78, 5) is 28.2. The van der Waals surface area contributed by atoms with Crippen LogP contribution in [0.4, 0.5) is 0 Å². The zero-order valence-corrected chi connectivity index (χ0v) is 18.4. The Hall–Kier alpha value is -2.90. The monoisotopic (exact) mass is 483 g/mol. The standard InChI is InChI=1S/C23H18BrNO4S/c1-29-17-10-4-14(5-11-17)13-25-20(18-3-2-12-30-18)19(22(27)23(25)28)21(26)15-6-8-16(24)9-7-15/h2-12,20,26H,13H2,1H3/b21-19-. The van der Waals surface area contributed by atoms with Gasteiger partial charge in [-0.1, -0.05) is 46.3 Å². The second kappa shape index (κ2) is 8.45. The number of benzene rings is 2. The molecule has 1 aromatic heterocycles. The molecular weight excluding hydrogens is 466 g/mol. The number of carbonyl (C=O) groups is 2. The number of hydrogen-bond acceptors (Lipinski definition) is 5. The molecular formula is C23H18BrNO4S. The normalized spacial score (nSPS) is 18.1. The Kier molecular flexibility index (Phi) is 5.74. The lowest BCUT2D eigenvalue weighted by Gasteiger charge is -2.24. The zero-order valence-electron chi connectivity index (χ0n) is 16.0. The van der Waals surface area contributed by atoms with Crippen LogP contribution in [0.1, 0.15) is 22.0 Å². The number of hydrogen-bond donors (Lipinski definition) is 1. The summed E-state index contributed by atoms with van der Waals surface area (Å²) in [6, 6.07) is 17.4. The van der Waals surface area contributed by atoms with Gasteiger partial charge in [0.2, 0.25) is 0 Å². The van der Waals surface area contributed by atoms with E-state index in [4.69, 9.17) is 4.74 Å². The van der Waals surface area contributed by atoms with Crippen LogP contribution in [0.25, 0.3) is 5.76 Å². The molecule has 0 saturated carbocycles. The molecule has 2 aromatic carbocycles. The Morgan fingerprint density at radius 1 is 1.10 bits per heavy atom. The molecule has 5 nitrogen and oxygen atoms in total. The topological polar surface area (TPSA) is 66.8 Å². The SMILES string of the molecule is COc1ccc(CN2C(=O)C(=O)/C(=C(\O)c3ccc(Br)cc3)C2c2cccs2)cc1. The average molecular weight is 484 g/mol. The van der Waals surface area contributed by atoms with Gasteiger partial charge in [-0.3, -0.25) is 9.59 Å². The number of aliphatic hydroxyl groups excluding tert-OH is 1. The summed E-state index contributed by atoms with van der Waals surface area (Å²) < 4.78 is 6.04. The summed E-state index contributed by atoms with van der Waals surface area (Å²) in [6.45, 7) is 0.244. The van der Waals surface area contributed by atoms with Crippen LogP contribution in [0.2, 0.25) is 0 Å². The highest BCUT2D eigenvalue weighted by Gasteiger charge is 2.46. The van der Waals surface area contributed by atoms with E-state index in [-0.39, 0.29) is 17.9 Å². The van der Waals surface area contributed by atoms with Gasteiger partial charge in [-0.2, -0.15) is 0 Å². The predicted octanol–water partition coefficient (Wildman–Crippen LogP) is 5.14.